The van der Waals surface area contributed by atoms with Gasteiger partial charge in [0.25, 0.3) is 11.8 Å². The van der Waals surface area contributed by atoms with Crippen molar-refractivity contribution in [2.45, 2.75) is 13.0 Å². The molecule has 0 unspecified atom stereocenters. The van der Waals surface area contributed by atoms with Crippen molar-refractivity contribution in [3.05, 3.63) is 107 Å². The Bertz CT molecular complexity index is 1470. The number of hydrogen-bond acceptors (Lipinski definition) is 5. The van der Waals surface area contributed by atoms with Crippen molar-refractivity contribution in [3.63, 3.8) is 0 Å². The molecule has 7 nitrogen and oxygen atoms in total. The topological polar surface area (TPSA) is 95.4 Å². The van der Waals surface area contributed by atoms with E-state index >= 15 is 0 Å². The van der Waals surface area contributed by atoms with Gasteiger partial charge in [0.15, 0.2) is 0 Å². The predicted octanol–water partition coefficient (Wildman–Crippen LogP) is 4.58. The fourth-order valence-electron chi connectivity index (χ4n) is 4.22. The number of amides is 2. The Morgan fingerprint density at radius 3 is 2.53 bits per heavy atom. The van der Waals surface area contributed by atoms with Crippen LogP contribution >= 0.6 is 0 Å². The number of phenolic OH excluding ortho intramolecular Hbond substituents is 1. The second-order valence-electron chi connectivity index (χ2n) is 8.27. The number of carbonyl (C=O) groups is 2. The number of fused-ring (bicyclic) bond motifs is 1. The molecule has 1 aliphatic rings. The molecule has 0 saturated heterocycles. The smallest absolute Gasteiger partial charge is 0.274 e. The van der Waals surface area contributed by atoms with Gasteiger partial charge >= 0.3 is 0 Å². The molecule has 5 rings (SSSR count). The molecular weight excluding hydrogens is 466 g/mol. The number of halogens is 2. The lowest BCUT2D eigenvalue weighted by Crippen LogP contribution is -2.36. The highest BCUT2D eigenvalue weighted by atomic mass is 19.1. The van der Waals surface area contributed by atoms with Gasteiger partial charge in [-0.05, 0) is 48.4 Å². The second kappa shape index (κ2) is 9.53. The van der Waals surface area contributed by atoms with Crippen LogP contribution in [-0.4, -0.2) is 38.3 Å². The molecule has 180 valence electrons. The van der Waals surface area contributed by atoms with Crippen molar-refractivity contribution in [2.24, 2.45) is 0 Å². The molecular formula is C27H20F2N4O3. The van der Waals surface area contributed by atoms with Gasteiger partial charge in [-0.3, -0.25) is 14.6 Å². The number of phenols is 1. The normalized spacial score (nSPS) is 12.7. The van der Waals surface area contributed by atoms with Crippen LogP contribution in [0.1, 0.15) is 32.0 Å². The van der Waals surface area contributed by atoms with Gasteiger partial charge < -0.3 is 15.3 Å². The largest absolute Gasteiger partial charge is 0.508 e. The Balaban J connectivity index is 1.39. The fourth-order valence-corrected chi connectivity index (χ4v) is 4.22. The molecule has 2 aromatic heterocycles. The van der Waals surface area contributed by atoms with E-state index in [-0.39, 0.29) is 46.4 Å². The minimum Gasteiger partial charge on any atom is -0.508 e. The van der Waals surface area contributed by atoms with Crippen molar-refractivity contribution >= 4 is 17.5 Å². The van der Waals surface area contributed by atoms with E-state index in [0.717, 1.165) is 17.7 Å². The molecule has 2 N–H and O–H groups in total. The molecule has 0 spiro atoms. The second-order valence-corrected chi connectivity index (χ2v) is 8.27. The Labute approximate surface area is 205 Å². The van der Waals surface area contributed by atoms with Crippen LogP contribution in [0.4, 0.5) is 14.5 Å². The van der Waals surface area contributed by atoms with Crippen LogP contribution in [0.15, 0.2) is 73.1 Å². The third-order valence-electron chi connectivity index (χ3n) is 6.04. The maximum Gasteiger partial charge on any atom is 0.274 e. The summed E-state index contributed by atoms with van der Waals surface area (Å²) in [6, 6.07) is 14.5. The highest BCUT2D eigenvalue weighted by Crippen LogP contribution is 2.29. The van der Waals surface area contributed by atoms with E-state index in [1.165, 1.54) is 42.7 Å². The number of benzene rings is 2. The van der Waals surface area contributed by atoms with E-state index in [1.807, 2.05) is 6.07 Å². The summed E-state index contributed by atoms with van der Waals surface area (Å²) < 4.78 is 28.4. The zero-order valence-corrected chi connectivity index (χ0v) is 18.9. The Kier molecular flexibility index (Phi) is 6.12. The minimum atomic E-state index is -0.797. The lowest BCUT2D eigenvalue weighted by Gasteiger charge is -2.29. The maximum absolute atomic E-state index is 14.2. The summed E-state index contributed by atoms with van der Waals surface area (Å²) in [5.41, 5.74) is 1.60. The van der Waals surface area contributed by atoms with Gasteiger partial charge in [-0.15, -0.1) is 0 Å². The van der Waals surface area contributed by atoms with Crippen LogP contribution in [0.2, 0.25) is 0 Å². The van der Waals surface area contributed by atoms with Gasteiger partial charge in [0.1, 0.15) is 23.1 Å². The highest BCUT2D eigenvalue weighted by molar-refractivity contribution is 6.08. The molecule has 1 aliphatic heterocycles. The lowest BCUT2D eigenvalue weighted by molar-refractivity contribution is 0.0734. The summed E-state index contributed by atoms with van der Waals surface area (Å²) in [6.45, 7) is 0.678. The predicted molar refractivity (Wildman–Crippen MR) is 128 cm³/mol. The summed E-state index contributed by atoms with van der Waals surface area (Å²) in [7, 11) is 0. The van der Waals surface area contributed by atoms with E-state index in [1.54, 1.807) is 17.0 Å². The zero-order valence-electron chi connectivity index (χ0n) is 18.9. The van der Waals surface area contributed by atoms with Crippen LogP contribution in [0, 0.1) is 11.6 Å². The summed E-state index contributed by atoms with van der Waals surface area (Å²) in [5, 5.41) is 12.8. The summed E-state index contributed by atoms with van der Waals surface area (Å²) in [4.78, 5) is 36.0. The number of hydrogen-bond donors (Lipinski definition) is 2. The van der Waals surface area contributed by atoms with Crippen molar-refractivity contribution in [2.75, 3.05) is 11.9 Å². The van der Waals surface area contributed by atoms with Gasteiger partial charge in [0, 0.05) is 24.8 Å². The van der Waals surface area contributed by atoms with E-state index in [9.17, 15) is 23.5 Å². The van der Waals surface area contributed by atoms with Gasteiger partial charge in [0.05, 0.1) is 28.7 Å². The van der Waals surface area contributed by atoms with Gasteiger partial charge in [-0.1, -0.05) is 24.3 Å². The number of pyridine rings is 2. The minimum absolute atomic E-state index is 0.0347. The van der Waals surface area contributed by atoms with Crippen LogP contribution in [0.5, 0.6) is 5.75 Å². The fraction of sp³-hybridized carbons (Fsp3) is 0.111. The zero-order chi connectivity index (χ0) is 25.2. The molecule has 3 heterocycles. The molecule has 0 fully saturated rings. The summed E-state index contributed by atoms with van der Waals surface area (Å²) >= 11 is 0. The van der Waals surface area contributed by atoms with Crippen LogP contribution in [-0.2, 0) is 13.0 Å². The quantitative estimate of drug-likeness (QED) is 0.440. The van der Waals surface area contributed by atoms with Gasteiger partial charge in [-0.25, -0.2) is 13.8 Å². The van der Waals surface area contributed by atoms with Crippen molar-refractivity contribution < 1.29 is 23.5 Å². The number of rotatable bonds is 4. The van der Waals surface area contributed by atoms with E-state index in [2.05, 4.69) is 15.3 Å². The maximum atomic E-state index is 14.2. The van der Waals surface area contributed by atoms with E-state index in [0.29, 0.717) is 18.5 Å². The van der Waals surface area contributed by atoms with Crippen LogP contribution in [0.25, 0.3) is 11.3 Å². The number of anilines is 1. The molecule has 0 atom stereocenters. The molecule has 0 bridgehead atoms. The lowest BCUT2D eigenvalue weighted by atomic mass is 9.98. The standard InChI is InChI=1S/C27H20F2N4O3/c28-19-5-2-6-20(29)25(19)21-7-3-8-22(31-21)26(35)32-23-14-30-12-10-17(23)27(36)33-13-11-16-4-1-9-24(34)18(16)15-33/h1-10,12,14,34H,11,13,15H2,(H,32,35). The highest BCUT2D eigenvalue weighted by Gasteiger charge is 2.26. The molecule has 4 aromatic rings. The number of nitrogens with one attached hydrogen (secondary N) is 1. The van der Waals surface area contributed by atoms with Crippen LogP contribution < -0.4 is 5.32 Å². The summed E-state index contributed by atoms with van der Waals surface area (Å²) in [5.74, 6) is -2.47. The number of carbonyl (C=O) groups excluding carboxylic acids is 2. The van der Waals surface area contributed by atoms with Gasteiger partial charge in [-0.2, -0.15) is 0 Å². The average Bonchev–Trinajstić information content (AvgIpc) is 2.89. The Morgan fingerprint density at radius 2 is 1.72 bits per heavy atom. The first-order valence-electron chi connectivity index (χ1n) is 11.2. The summed E-state index contributed by atoms with van der Waals surface area (Å²) in [6.07, 6.45) is 3.38. The molecule has 2 amide bonds. The van der Waals surface area contributed by atoms with Gasteiger partial charge in [0.2, 0.25) is 0 Å². The van der Waals surface area contributed by atoms with Crippen molar-refractivity contribution in [3.8, 4) is 17.0 Å². The number of nitrogens with zero attached hydrogens (tertiary/aromatic N) is 3. The van der Waals surface area contributed by atoms with Crippen molar-refractivity contribution in [1.82, 2.24) is 14.9 Å². The first kappa shape index (κ1) is 23.1. The van der Waals surface area contributed by atoms with Crippen molar-refractivity contribution in [1.29, 1.82) is 0 Å². The number of aromatic hydroxyl groups is 1. The first-order valence-corrected chi connectivity index (χ1v) is 11.2. The Hall–Kier alpha value is -4.66. The number of aromatic nitrogens is 2. The van der Waals surface area contributed by atoms with Crippen LogP contribution in [0.3, 0.4) is 0 Å². The molecule has 0 saturated carbocycles. The first-order chi connectivity index (χ1) is 17.4. The monoisotopic (exact) mass is 486 g/mol. The molecule has 0 aliphatic carbocycles. The van der Waals surface area contributed by atoms with E-state index in [4.69, 9.17) is 0 Å². The third kappa shape index (κ3) is 4.38. The molecule has 2 aromatic carbocycles. The molecule has 36 heavy (non-hydrogen) atoms. The molecule has 9 heteroatoms. The van der Waals surface area contributed by atoms with E-state index < -0.39 is 17.5 Å². The average molecular weight is 486 g/mol. The SMILES string of the molecule is O=C(Nc1cnccc1C(=O)N1CCc2cccc(O)c2C1)c1cccc(-c2c(F)cccc2F)n1. The third-order valence-corrected chi connectivity index (χ3v) is 6.04. The molecule has 0 radical (unpaired) electrons. The Morgan fingerprint density at radius 1 is 0.972 bits per heavy atom.